The molecule has 0 saturated carbocycles. The van der Waals surface area contributed by atoms with E-state index in [1.54, 1.807) is 18.0 Å². The first kappa shape index (κ1) is 15.4. The van der Waals surface area contributed by atoms with Gasteiger partial charge in [-0.15, -0.1) is 0 Å². The minimum Gasteiger partial charge on any atom is -0.395 e. The van der Waals surface area contributed by atoms with E-state index in [1.165, 1.54) is 0 Å². The fourth-order valence-corrected chi connectivity index (χ4v) is 1.91. The van der Waals surface area contributed by atoms with Crippen molar-refractivity contribution in [2.45, 2.75) is 26.7 Å². The van der Waals surface area contributed by atoms with Gasteiger partial charge in [0.1, 0.15) is 5.82 Å². The third kappa shape index (κ3) is 4.21. The smallest absolute Gasteiger partial charge is 0.254 e. The fraction of sp³-hybridized carbons (Fsp3) is 0.571. The van der Waals surface area contributed by atoms with E-state index in [0.717, 1.165) is 18.5 Å². The first-order valence-corrected chi connectivity index (χ1v) is 6.75. The lowest BCUT2D eigenvalue weighted by Gasteiger charge is -2.21. The average Bonchev–Trinajstić information content (AvgIpc) is 2.45. The summed E-state index contributed by atoms with van der Waals surface area (Å²) in [6, 6.07) is 3.57. The molecule has 0 saturated heterocycles. The monoisotopic (exact) mass is 265 g/mol. The van der Waals surface area contributed by atoms with Crippen LogP contribution in [0.2, 0.25) is 0 Å². The second-order valence-electron chi connectivity index (χ2n) is 4.35. The normalized spacial score (nSPS) is 10.3. The molecule has 1 aromatic heterocycles. The molecule has 0 aliphatic rings. The molecule has 0 radical (unpaired) electrons. The third-order valence-corrected chi connectivity index (χ3v) is 2.89. The SMILES string of the molecule is CCCN(CCO)C(=O)c1cc(CC)nc(NC)c1. The van der Waals surface area contributed by atoms with Crippen LogP contribution in [0.15, 0.2) is 12.1 Å². The largest absolute Gasteiger partial charge is 0.395 e. The predicted molar refractivity (Wildman–Crippen MR) is 76.4 cm³/mol. The van der Waals surface area contributed by atoms with Gasteiger partial charge in [0, 0.05) is 31.4 Å². The van der Waals surface area contributed by atoms with Crippen LogP contribution >= 0.6 is 0 Å². The van der Waals surface area contributed by atoms with E-state index in [9.17, 15) is 4.79 Å². The highest BCUT2D eigenvalue weighted by molar-refractivity contribution is 5.95. The number of hydrogen-bond donors (Lipinski definition) is 2. The molecular weight excluding hydrogens is 242 g/mol. The van der Waals surface area contributed by atoms with Crippen molar-refractivity contribution < 1.29 is 9.90 Å². The van der Waals surface area contributed by atoms with Gasteiger partial charge in [-0.2, -0.15) is 0 Å². The maximum absolute atomic E-state index is 12.4. The molecule has 1 rings (SSSR count). The minimum atomic E-state index is -0.0514. The molecule has 5 nitrogen and oxygen atoms in total. The summed E-state index contributed by atoms with van der Waals surface area (Å²) in [7, 11) is 1.79. The Bertz CT molecular complexity index is 393. The molecule has 106 valence electrons. The average molecular weight is 265 g/mol. The number of amides is 1. The van der Waals surface area contributed by atoms with Crippen molar-refractivity contribution >= 4 is 11.7 Å². The van der Waals surface area contributed by atoms with Crippen LogP contribution in [0, 0.1) is 0 Å². The number of rotatable bonds is 7. The molecule has 0 bridgehead atoms. The zero-order valence-corrected chi connectivity index (χ0v) is 11.9. The number of aryl methyl sites for hydroxylation is 1. The Morgan fingerprint density at radius 3 is 2.63 bits per heavy atom. The Morgan fingerprint density at radius 2 is 2.11 bits per heavy atom. The number of carbonyl (C=O) groups is 1. The van der Waals surface area contributed by atoms with E-state index in [-0.39, 0.29) is 12.5 Å². The van der Waals surface area contributed by atoms with Crippen LogP contribution in [0.1, 0.15) is 36.3 Å². The number of aliphatic hydroxyl groups is 1. The van der Waals surface area contributed by atoms with Crippen molar-refractivity contribution in [2.24, 2.45) is 0 Å². The topological polar surface area (TPSA) is 65.5 Å². The summed E-state index contributed by atoms with van der Waals surface area (Å²) in [6.45, 7) is 5.02. The zero-order valence-electron chi connectivity index (χ0n) is 11.9. The number of nitrogens with zero attached hydrogens (tertiary/aromatic N) is 2. The lowest BCUT2D eigenvalue weighted by atomic mass is 10.1. The van der Waals surface area contributed by atoms with Gasteiger partial charge < -0.3 is 15.3 Å². The summed E-state index contributed by atoms with van der Waals surface area (Å²) in [4.78, 5) is 18.5. The molecule has 0 spiro atoms. The van der Waals surface area contributed by atoms with Crippen LogP contribution in [-0.4, -0.2) is 47.6 Å². The summed E-state index contributed by atoms with van der Waals surface area (Å²) in [6.07, 6.45) is 1.65. The molecular formula is C14H23N3O2. The molecule has 0 aromatic carbocycles. The molecule has 1 aromatic rings. The van der Waals surface area contributed by atoms with E-state index in [0.29, 0.717) is 24.5 Å². The molecule has 5 heteroatoms. The third-order valence-electron chi connectivity index (χ3n) is 2.89. The maximum atomic E-state index is 12.4. The van der Waals surface area contributed by atoms with Gasteiger partial charge >= 0.3 is 0 Å². The van der Waals surface area contributed by atoms with E-state index in [1.807, 2.05) is 19.9 Å². The Kier molecular flexibility index (Phi) is 6.29. The Morgan fingerprint density at radius 1 is 1.37 bits per heavy atom. The second-order valence-corrected chi connectivity index (χ2v) is 4.35. The summed E-state index contributed by atoms with van der Waals surface area (Å²) in [5.74, 6) is 0.646. The van der Waals surface area contributed by atoms with Gasteiger partial charge in [0.2, 0.25) is 0 Å². The lowest BCUT2D eigenvalue weighted by Crippen LogP contribution is -2.34. The van der Waals surface area contributed by atoms with Crippen molar-refractivity contribution in [1.82, 2.24) is 9.88 Å². The number of aromatic nitrogens is 1. The highest BCUT2D eigenvalue weighted by atomic mass is 16.3. The molecule has 0 fully saturated rings. The van der Waals surface area contributed by atoms with Crippen molar-refractivity contribution in [3.05, 3.63) is 23.4 Å². The number of carbonyl (C=O) groups excluding carboxylic acids is 1. The van der Waals surface area contributed by atoms with Crippen molar-refractivity contribution in [3.8, 4) is 0 Å². The summed E-state index contributed by atoms with van der Waals surface area (Å²) < 4.78 is 0. The quantitative estimate of drug-likeness (QED) is 0.784. The minimum absolute atomic E-state index is 0.0175. The number of nitrogens with one attached hydrogen (secondary N) is 1. The van der Waals surface area contributed by atoms with Crippen molar-refractivity contribution in [1.29, 1.82) is 0 Å². The second kappa shape index (κ2) is 7.74. The molecule has 2 N–H and O–H groups in total. The van der Waals surface area contributed by atoms with Gasteiger partial charge in [-0.25, -0.2) is 4.98 Å². The summed E-state index contributed by atoms with van der Waals surface area (Å²) in [5, 5.41) is 12.0. The molecule has 0 aliphatic heterocycles. The standard InChI is InChI=1S/C14H23N3O2/c1-4-6-17(7-8-18)14(19)11-9-12(5-2)16-13(10-11)15-3/h9-10,18H,4-8H2,1-3H3,(H,15,16). The zero-order chi connectivity index (χ0) is 14.3. The first-order chi connectivity index (χ1) is 9.15. The van der Waals surface area contributed by atoms with Crippen molar-refractivity contribution in [2.75, 3.05) is 32.1 Å². The molecule has 0 atom stereocenters. The molecule has 0 unspecified atom stereocenters. The molecule has 0 aliphatic carbocycles. The Labute approximate surface area is 114 Å². The number of hydrogen-bond acceptors (Lipinski definition) is 4. The summed E-state index contributed by atoms with van der Waals surface area (Å²) in [5.41, 5.74) is 1.51. The predicted octanol–water partition coefficient (Wildman–Crippen LogP) is 1.53. The van der Waals surface area contributed by atoms with E-state index < -0.39 is 0 Å². The number of aliphatic hydroxyl groups excluding tert-OH is 1. The molecule has 19 heavy (non-hydrogen) atoms. The van der Waals surface area contributed by atoms with Gasteiger partial charge in [-0.05, 0) is 25.0 Å². The van der Waals surface area contributed by atoms with Gasteiger partial charge in [0.25, 0.3) is 5.91 Å². The van der Waals surface area contributed by atoms with E-state index in [2.05, 4.69) is 10.3 Å². The van der Waals surface area contributed by atoms with Gasteiger partial charge in [-0.1, -0.05) is 13.8 Å². The van der Waals surface area contributed by atoms with Crippen LogP contribution in [0.5, 0.6) is 0 Å². The fourth-order valence-electron chi connectivity index (χ4n) is 1.91. The van der Waals surface area contributed by atoms with Crippen LogP contribution < -0.4 is 5.32 Å². The van der Waals surface area contributed by atoms with E-state index in [4.69, 9.17) is 5.11 Å². The van der Waals surface area contributed by atoms with Crippen LogP contribution in [0.4, 0.5) is 5.82 Å². The van der Waals surface area contributed by atoms with E-state index >= 15 is 0 Å². The molecule has 1 amide bonds. The van der Waals surface area contributed by atoms with Gasteiger partial charge in [-0.3, -0.25) is 4.79 Å². The van der Waals surface area contributed by atoms with Gasteiger partial charge in [0.05, 0.1) is 6.61 Å². The highest BCUT2D eigenvalue weighted by Crippen LogP contribution is 2.13. The lowest BCUT2D eigenvalue weighted by molar-refractivity contribution is 0.0722. The van der Waals surface area contributed by atoms with Gasteiger partial charge in [0.15, 0.2) is 0 Å². The molecule has 1 heterocycles. The highest BCUT2D eigenvalue weighted by Gasteiger charge is 2.16. The first-order valence-electron chi connectivity index (χ1n) is 6.75. The Hall–Kier alpha value is -1.62. The maximum Gasteiger partial charge on any atom is 0.254 e. The number of anilines is 1. The van der Waals surface area contributed by atoms with Crippen LogP contribution in [-0.2, 0) is 6.42 Å². The van der Waals surface area contributed by atoms with Crippen LogP contribution in [0.25, 0.3) is 0 Å². The number of pyridine rings is 1. The Balaban J connectivity index is 3.01. The van der Waals surface area contributed by atoms with Crippen LogP contribution in [0.3, 0.4) is 0 Å². The summed E-state index contributed by atoms with van der Waals surface area (Å²) >= 11 is 0. The van der Waals surface area contributed by atoms with Crippen molar-refractivity contribution in [3.63, 3.8) is 0 Å².